The van der Waals surface area contributed by atoms with E-state index < -0.39 is 0 Å². The van der Waals surface area contributed by atoms with Gasteiger partial charge in [-0.15, -0.1) is 0 Å². The maximum Gasteiger partial charge on any atom is 0.119 e. The van der Waals surface area contributed by atoms with Gasteiger partial charge in [0.2, 0.25) is 0 Å². The topological polar surface area (TPSA) is 40.5 Å². The summed E-state index contributed by atoms with van der Waals surface area (Å²) in [5.41, 5.74) is 5.35. The molecule has 0 aromatic heterocycles. The summed E-state index contributed by atoms with van der Waals surface area (Å²) >= 11 is 0. The molecule has 0 aliphatic heterocycles. The van der Waals surface area contributed by atoms with Gasteiger partial charge in [0.05, 0.1) is 0 Å². The Morgan fingerprint density at radius 1 is 0.815 bits per heavy atom. The maximum absolute atomic E-state index is 10.5. The molecule has 0 amide bonds. The predicted molar refractivity (Wildman–Crippen MR) is 115 cm³/mol. The molecule has 2 nitrogen and oxygen atoms in total. The minimum absolute atomic E-state index is 0.114. The van der Waals surface area contributed by atoms with Crippen molar-refractivity contribution in [2.45, 2.75) is 85.0 Å². The van der Waals surface area contributed by atoms with E-state index in [2.05, 4.69) is 67.5 Å². The Kier molecular flexibility index (Phi) is 5.99. The highest BCUT2D eigenvalue weighted by Gasteiger charge is 2.25. The van der Waals surface area contributed by atoms with Gasteiger partial charge in [0, 0.05) is 5.92 Å². The standard InChI is InChI=1S/C25H36O2/c1-9-10-18(17-11-12-22(26)20(14-17)24(3,4)5)19-15-21(25(6,7)8)23(27)13-16(19)2/h11-15,18,26-27H,9-10H2,1-8H3. The Morgan fingerprint density at radius 3 is 1.89 bits per heavy atom. The van der Waals surface area contributed by atoms with Crippen molar-refractivity contribution in [2.24, 2.45) is 0 Å². The van der Waals surface area contributed by atoms with Crippen LogP contribution in [0, 0.1) is 6.92 Å². The summed E-state index contributed by atoms with van der Waals surface area (Å²) in [7, 11) is 0. The van der Waals surface area contributed by atoms with Crippen LogP contribution in [-0.4, -0.2) is 10.2 Å². The molecular formula is C25H36O2. The van der Waals surface area contributed by atoms with Crippen LogP contribution in [0.2, 0.25) is 0 Å². The van der Waals surface area contributed by atoms with E-state index in [-0.39, 0.29) is 16.7 Å². The second-order valence-corrected chi connectivity index (χ2v) is 9.84. The first kappa shape index (κ1) is 21.3. The van der Waals surface area contributed by atoms with Crippen molar-refractivity contribution in [1.82, 2.24) is 0 Å². The lowest BCUT2D eigenvalue weighted by Crippen LogP contribution is -2.15. The summed E-state index contributed by atoms with van der Waals surface area (Å²) in [6.07, 6.45) is 2.10. The molecular weight excluding hydrogens is 332 g/mol. The van der Waals surface area contributed by atoms with Gasteiger partial charge in [0.1, 0.15) is 11.5 Å². The van der Waals surface area contributed by atoms with Crippen LogP contribution in [0.15, 0.2) is 30.3 Å². The first-order chi connectivity index (χ1) is 12.4. The van der Waals surface area contributed by atoms with Gasteiger partial charge in [-0.1, -0.05) is 73.1 Å². The lowest BCUT2D eigenvalue weighted by atomic mass is 9.78. The molecule has 0 bridgehead atoms. The first-order valence-corrected chi connectivity index (χ1v) is 10.0. The second kappa shape index (κ2) is 7.58. The fourth-order valence-electron chi connectivity index (χ4n) is 3.85. The van der Waals surface area contributed by atoms with Gasteiger partial charge in [-0.25, -0.2) is 0 Å². The quantitative estimate of drug-likeness (QED) is 0.614. The smallest absolute Gasteiger partial charge is 0.119 e. The Morgan fingerprint density at radius 2 is 1.37 bits per heavy atom. The molecule has 0 aliphatic rings. The zero-order chi connectivity index (χ0) is 20.6. The molecule has 2 heteroatoms. The molecule has 0 fully saturated rings. The second-order valence-electron chi connectivity index (χ2n) is 9.84. The van der Waals surface area contributed by atoms with Gasteiger partial charge in [0.15, 0.2) is 0 Å². The van der Waals surface area contributed by atoms with Crippen LogP contribution in [0.4, 0.5) is 0 Å². The Hall–Kier alpha value is -1.96. The number of benzene rings is 2. The summed E-state index contributed by atoms with van der Waals surface area (Å²) in [5.74, 6) is 0.984. The van der Waals surface area contributed by atoms with Gasteiger partial charge >= 0.3 is 0 Å². The van der Waals surface area contributed by atoms with Crippen molar-refractivity contribution in [3.8, 4) is 11.5 Å². The van der Waals surface area contributed by atoms with Crippen LogP contribution < -0.4 is 0 Å². The number of aromatic hydroxyl groups is 2. The molecule has 27 heavy (non-hydrogen) atoms. The van der Waals surface area contributed by atoms with Crippen molar-refractivity contribution in [3.05, 3.63) is 58.1 Å². The number of aryl methyl sites for hydroxylation is 1. The van der Waals surface area contributed by atoms with Crippen LogP contribution in [0.25, 0.3) is 0 Å². The molecule has 1 atom stereocenters. The molecule has 0 saturated heterocycles. The largest absolute Gasteiger partial charge is 0.508 e. The molecule has 2 aromatic rings. The Bertz CT molecular complexity index is 804. The summed E-state index contributed by atoms with van der Waals surface area (Å²) in [4.78, 5) is 0. The van der Waals surface area contributed by atoms with Gasteiger partial charge in [-0.3, -0.25) is 0 Å². The third-order valence-electron chi connectivity index (χ3n) is 5.38. The lowest BCUT2D eigenvalue weighted by molar-refractivity contribution is 0.445. The number of hydrogen-bond donors (Lipinski definition) is 2. The van der Waals surface area contributed by atoms with Crippen LogP contribution in [0.5, 0.6) is 11.5 Å². The molecule has 0 spiro atoms. The van der Waals surface area contributed by atoms with Gasteiger partial charge in [0.25, 0.3) is 0 Å². The van der Waals surface area contributed by atoms with E-state index in [0.717, 1.165) is 29.5 Å². The normalized spacial score (nSPS) is 13.6. The summed E-state index contributed by atoms with van der Waals surface area (Å²) < 4.78 is 0. The van der Waals surface area contributed by atoms with E-state index >= 15 is 0 Å². The number of hydrogen-bond acceptors (Lipinski definition) is 2. The van der Waals surface area contributed by atoms with E-state index in [1.165, 1.54) is 11.1 Å². The van der Waals surface area contributed by atoms with Gasteiger partial charge < -0.3 is 10.2 Å². The van der Waals surface area contributed by atoms with E-state index in [1.807, 2.05) is 18.2 Å². The van der Waals surface area contributed by atoms with Crippen molar-refractivity contribution in [2.75, 3.05) is 0 Å². The van der Waals surface area contributed by atoms with Gasteiger partial charge in [-0.05, 0) is 64.1 Å². The van der Waals surface area contributed by atoms with E-state index in [1.54, 1.807) is 0 Å². The molecule has 2 N–H and O–H groups in total. The molecule has 148 valence electrons. The van der Waals surface area contributed by atoms with E-state index in [4.69, 9.17) is 0 Å². The van der Waals surface area contributed by atoms with Gasteiger partial charge in [-0.2, -0.15) is 0 Å². The Labute approximate surface area is 165 Å². The zero-order valence-corrected chi connectivity index (χ0v) is 18.3. The average molecular weight is 369 g/mol. The first-order valence-electron chi connectivity index (χ1n) is 10.0. The summed E-state index contributed by atoms with van der Waals surface area (Å²) in [5, 5.41) is 20.8. The molecule has 0 saturated carbocycles. The average Bonchev–Trinajstić information content (AvgIpc) is 2.51. The number of rotatable bonds is 4. The third kappa shape index (κ3) is 4.66. The predicted octanol–water partition coefficient (Wildman–Crippen LogP) is 6.93. The minimum atomic E-state index is -0.116. The fraction of sp³-hybridized carbons (Fsp3) is 0.520. The molecule has 0 aliphatic carbocycles. The SMILES string of the molecule is CCCC(c1ccc(O)c(C(C)(C)C)c1)c1cc(C(C)(C)C)c(O)cc1C. The maximum atomic E-state index is 10.5. The van der Waals surface area contributed by atoms with E-state index in [0.29, 0.717) is 11.5 Å². The van der Waals surface area contributed by atoms with Crippen molar-refractivity contribution in [3.63, 3.8) is 0 Å². The van der Waals surface area contributed by atoms with Crippen molar-refractivity contribution >= 4 is 0 Å². The summed E-state index contributed by atoms with van der Waals surface area (Å²) in [6.45, 7) is 17.1. The van der Waals surface area contributed by atoms with Crippen LogP contribution in [0.3, 0.4) is 0 Å². The van der Waals surface area contributed by atoms with E-state index in [9.17, 15) is 10.2 Å². The van der Waals surface area contributed by atoms with Crippen molar-refractivity contribution < 1.29 is 10.2 Å². The Balaban J connectivity index is 2.66. The number of phenolic OH excluding ortho intramolecular Hbond substituents is 2. The molecule has 0 heterocycles. The van der Waals surface area contributed by atoms with Crippen LogP contribution in [-0.2, 0) is 10.8 Å². The molecule has 0 radical (unpaired) electrons. The highest BCUT2D eigenvalue weighted by atomic mass is 16.3. The highest BCUT2D eigenvalue weighted by molar-refractivity contribution is 5.50. The summed E-state index contributed by atoms with van der Waals surface area (Å²) in [6, 6.07) is 10.1. The highest BCUT2D eigenvalue weighted by Crippen LogP contribution is 2.41. The zero-order valence-electron chi connectivity index (χ0n) is 18.3. The monoisotopic (exact) mass is 368 g/mol. The molecule has 1 unspecified atom stereocenters. The third-order valence-corrected chi connectivity index (χ3v) is 5.38. The molecule has 2 rings (SSSR count). The van der Waals surface area contributed by atoms with Crippen molar-refractivity contribution in [1.29, 1.82) is 0 Å². The minimum Gasteiger partial charge on any atom is -0.508 e. The lowest BCUT2D eigenvalue weighted by Gasteiger charge is -2.27. The van der Waals surface area contributed by atoms with Crippen LogP contribution >= 0.6 is 0 Å². The molecule has 2 aromatic carbocycles. The number of phenols is 2. The van der Waals surface area contributed by atoms with Crippen LogP contribution in [0.1, 0.15) is 95.0 Å². The fourth-order valence-corrected chi connectivity index (χ4v) is 3.85.